The predicted octanol–water partition coefficient (Wildman–Crippen LogP) is 2.55. The zero-order valence-electron chi connectivity index (χ0n) is 6.33. The average Bonchev–Trinajstić information content (AvgIpc) is 2.07. The summed E-state index contributed by atoms with van der Waals surface area (Å²) in [5.41, 5.74) is 0. The van der Waals surface area contributed by atoms with E-state index in [2.05, 4.69) is 0 Å². The lowest BCUT2D eigenvalue weighted by atomic mass is 10.4. The molecule has 0 bridgehead atoms. The summed E-state index contributed by atoms with van der Waals surface area (Å²) in [6.45, 7) is 0. The standard InChI is InChI=1S/C8H10ClOP/c1-10-7-11(9)8-5-3-2-4-6-8/h2-6H,7H2,1H3. The van der Waals surface area contributed by atoms with Crippen LogP contribution in [0.1, 0.15) is 0 Å². The first-order valence-corrected chi connectivity index (χ1v) is 5.75. The Morgan fingerprint density at radius 2 is 2.00 bits per heavy atom. The maximum Gasteiger partial charge on any atom is 0.0839 e. The van der Waals surface area contributed by atoms with Crippen molar-refractivity contribution in [3.63, 3.8) is 0 Å². The van der Waals surface area contributed by atoms with Gasteiger partial charge in [-0.2, -0.15) is 0 Å². The van der Waals surface area contributed by atoms with Crippen molar-refractivity contribution in [2.75, 3.05) is 13.5 Å². The molecule has 0 fully saturated rings. The molecule has 0 aliphatic rings. The van der Waals surface area contributed by atoms with Crippen LogP contribution < -0.4 is 5.30 Å². The van der Waals surface area contributed by atoms with Gasteiger partial charge in [-0.15, -0.1) is 0 Å². The molecule has 0 spiro atoms. The third-order valence-corrected chi connectivity index (χ3v) is 3.50. The normalized spacial score (nSPS) is 12.9. The lowest BCUT2D eigenvalue weighted by Crippen LogP contribution is -1.98. The van der Waals surface area contributed by atoms with Gasteiger partial charge in [-0.3, -0.25) is 0 Å². The van der Waals surface area contributed by atoms with E-state index in [9.17, 15) is 0 Å². The van der Waals surface area contributed by atoms with Crippen LogP contribution in [0.3, 0.4) is 0 Å². The Balaban J connectivity index is 2.61. The topological polar surface area (TPSA) is 9.23 Å². The molecule has 1 rings (SSSR count). The van der Waals surface area contributed by atoms with E-state index >= 15 is 0 Å². The number of halogens is 1. The van der Waals surface area contributed by atoms with Crippen molar-refractivity contribution < 1.29 is 4.74 Å². The summed E-state index contributed by atoms with van der Waals surface area (Å²) in [5.74, 6) is 0. The van der Waals surface area contributed by atoms with E-state index < -0.39 is 7.27 Å². The molecule has 1 atom stereocenters. The summed E-state index contributed by atoms with van der Waals surface area (Å²) < 4.78 is 4.95. The molecule has 1 nitrogen and oxygen atoms in total. The molecule has 3 heteroatoms. The molecule has 0 radical (unpaired) electrons. The van der Waals surface area contributed by atoms with Gasteiger partial charge < -0.3 is 4.74 Å². The minimum Gasteiger partial charge on any atom is -0.379 e. The van der Waals surface area contributed by atoms with E-state index in [0.717, 1.165) is 0 Å². The SMILES string of the molecule is COCP(Cl)c1ccccc1. The number of hydrogen-bond donors (Lipinski definition) is 0. The highest BCUT2D eigenvalue weighted by molar-refractivity contribution is 7.89. The molecule has 0 N–H and O–H groups in total. The van der Waals surface area contributed by atoms with E-state index in [1.807, 2.05) is 30.3 Å². The first-order chi connectivity index (χ1) is 5.34. The molecule has 0 saturated carbocycles. The lowest BCUT2D eigenvalue weighted by molar-refractivity contribution is 0.257. The van der Waals surface area contributed by atoms with Gasteiger partial charge in [-0.25, -0.2) is 0 Å². The zero-order valence-corrected chi connectivity index (χ0v) is 7.98. The van der Waals surface area contributed by atoms with Crippen molar-refractivity contribution >= 4 is 23.8 Å². The minimum atomic E-state index is -0.626. The number of hydrogen-bond acceptors (Lipinski definition) is 1. The van der Waals surface area contributed by atoms with Gasteiger partial charge in [0, 0.05) is 14.4 Å². The Bertz CT molecular complexity index is 203. The first kappa shape index (κ1) is 8.99. The van der Waals surface area contributed by atoms with Crippen LogP contribution >= 0.6 is 18.5 Å². The molecule has 0 aliphatic heterocycles. The molecule has 0 heterocycles. The van der Waals surface area contributed by atoms with Crippen LogP contribution in [-0.4, -0.2) is 13.5 Å². The predicted molar refractivity (Wildman–Crippen MR) is 50.7 cm³/mol. The Morgan fingerprint density at radius 1 is 1.36 bits per heavy atom. The number of methoxy groups -OCH3 is 1. The minimum absolute atomic E-state index is 0.626. The summed E-state index contributed by atoms with van der Waals surface area (Å²) >= 11 is 6.05. The van der Waals surface area contributed by atoms with Crippen LogP contribution in [0, 0.1) is 0 Å². The Morgan fingerprint density at radius 3 is 2.55 bits per heavy atom. The van der Waals surface area contributed by atoms with Gasteiger partial charge in [-0.05, 0) is 5.30 Å². The van der Waals surface area contributed by atoms with Gasteiger partial charge in [0.15, 0.2) is 0 Å². The molecule has 0 saturated heterocycles. The lowest BCUT2D eigenvalue weighted by Gasteiger charge is -2.06. The van der Waals surface area contributed by atoms with Crippen LogP contribution in [0.4, 0.5) is 0 Å². The van der Waals surface area contributed by atoms with Crippen molar-refractivity contribution in [2.45, 2.75) is 0 Å². The van der Waals surface area contributed by atoms with Crippen molar-refractivity contribution in [2.24, 2.45) is 0 Å². The molecular formula is C8H10ClOP. The monoisotopic (exact) mass is 188 g/mol. The fourth-order valence-electron chi connectivity index (χ4n) is 0.778. The second-order valence-corrected chi connectivity index (χ2v) is 4.84. The van der Waals surface area contributed by atoms with E-state index in [1.54, 1.807) is 7.11 Å². The van der Waals surface area contributed by atoms with E-state index in [-0.39, 0.29) is 0 Å². The molecule has 0 amide bonds. The molecule has 1 aromatic rings. The van der Waals surface area contributed by atoms with Crippen molar-refractivity contribution in [3.8, 4) is 0 Å². The maximum atomic E-state index is 6.05. The van der Waals surface area contributed by atoms with Gasteiger partial charge in [0.2, 0.25) is 0 Å². The van der Waals surface area contributed by atoms with E-state index in [0.29, 0.717) is 6.35 Å². The number of rotatable bonds is 3. The summed E-state index contributed by atoms with van der Waals surface area (Å²) in [6, 6.07) is 10.0. The highest BCUT2D eigenvalue weighted by Gasteiger charge is 2.04. The fourth-order valence-corrected chi connectivity index (χ4v) is 2.28. The zero-order chi connectivity index (χ0) is 8.10. The van der Waals surface area contributed by atoms with Crippen LogP contribution in [0.15, 0.2) is 30.3 Å². The quantitative estimate of drug-likeness (QED) is 0.663. The maximum absolute atomic E-state index is 6.05. The fraction of sp³-hybridized carbons (Fsp3) is 0.250. The van der Waals surface area contributed by atoms with Crippen LogP contribution in [0.25, 0.3) is 0 Å². The van der Waals surface area contributed by atoms with Crippen LogP contribution in [-0.2, 0) is 4.74 Å². The average molecular weight is 189 g/mol. The summed E-state index contributed by atoms with van der Waals surface area (Å²) in [7, 11) is 1.04. The molecular weight excluding hydrogens is 179 g/mol. The van der Waals surface area contributed by atoms with E-state index in [1.165, 1.54) is 5.30 Å². The molecule has 1 unspecified atom stereocenters. The third-order valence-electron chi connectivity index (χ3n) is 1.28. The van der Waals surface area contributed by atoms with Crippen LogP contribution in [0.2, 0.25) is 0 Å². The third kappa shape index (κ3) is 2.78. The second-order valence-electron chi connectivity index (χ2n) is 2.12. The summed E-state index contributed by atoms with van der Waals surface area (Å²) in [4.78, 5) is 0. The van der Waals surface area contributed by atoms with Crippen LogP contribution in [0.5, 0.6) is 0 Å². The Hall–Kier alpha value is -0.100. The van der Waals surface area contributed by atoms with Crippen molar-refractivity contribution in [1.82, 2.24) is 0 Å². The highest BCUT2D eigenvalue weighted by atomic mass is 35.7. The second kappa shape index (κ2) is 4.71. The van der Waals surface area contributed by atoms with E-state index in [4.69, 9.17) is 16.0 Å². The molecule has 1 aromatic carbocycles. The van der Waals surface area contributed by atoms with Gasteiger partial charge in [0.25, 0.3) is 0 Å². The summed E-state index contributed by atoms with van der Waals surface area (Å²) in [5, 5.41) is 1.17. The summed E-state index contributed by atoms with van der Waals surface area (Å²) in [6.07, 6.45) is 0.626. The Kier molecular flexibility index (Phi) is 3.85. The van der Waals surface area contributed by atoms with Gasteiger partial charge in [0.05, 0.1) is 6.35 Å². The number of benzene rings is 1. The van der Waals surface area contributed by atoms with Gasteiger partial charge in [-0.1, -0.05) is 41.6 Å². The number of ether oxygens (including phenoxy) is 1. The molecule has 11 heavy (non-hydrogen) atoms. The molecule has 0 aliphatic carbocycles. The molecule has 60 valence electrons. The Labute approximate surface area is 72.9 Å². The highest BCUT2D eigenvalue weighted by Crippen LogP contribution is 2.39. The first-order valence-electron chi connectivity index (χ1n) is 3.32. The molecule has 0 aromatic heterocycles. The largest absolute Gasteiger partial charge is 0.379 e. The van der Waals surface area contributed by atoms with Gasteiger partial charge >= 0.3 is 0 Å². The smallest absolute Gasteiger partial charge is 0.0839 e. The van der Waals surface area contributed by atoms with Crippen molar-refractivity contribution in [1.29, 1.82) is 0 Å². The van der Waals surface area contributed by atoms with Crippen molar-refractivity contribution in [3.05, 3.63) is 30.3 Å². The van der Waals surface area contributed by atoms with Gasteiger partial charge in [0.1, 0.15) is 0 Å².